The minimum atomic E-state index is -0.342. The van der Waals surface area contributed by atoms with E-state index < -0.39 is 0 Å². The molecule has 1 N–H and O–H groups in total. The quantitative estimate of drug-likeness (QED) is 0.814. The van der Waals surface area contributed by atoms with E-state index in [9.17, 15) is 4.79 Å². The summed E-state index contributed by atoms with van der Waals surface area (Å²) in [6.45, 7) is 4.67. The molecule has 2 fully saturated rings. The molecule has 2 aromatic rings. The smallest absolute Gasteiger partial charge is 0.407 e. The van der Waals surface area contributed by atoms with Crippen LogP contribution in [0.5, 0.6) is 5.75 Å². The number of rotatable bonds is 7. The molecule has 2 heterocycles. The van der Waals surface area contributed by atoms with Gasteiger partial charge in [-0.15, -0.1) is 0 Å². The molecule has 0 radical (unpaired) electrons. The van der Waals surface area contributed by atoms with Crippen LogP contribution in [-0.4, -0.2) is 43.8 Å². The third kappa shape index (κ3) is 4.61. The summed E-state index contributed by atoms with van der Waals surface area (Å²) in [6, 6.07) is 16.5. The highest BCUT2D eigenvalue weighted by atomic mass is 16.6. The van der Waals surface area contributed by atoms with Crippen molar-refractivity contribution in [2.24, 2.45) is 0 Å². The van der Waals surface area contributed by atoms with Crippen molar-refractivity contribution in [3.63, 3.8) is 0 Å². The molecule has 0 saturated carbocycles. The molecule has 1 amide bonds. The van der Waals surface area contributed by atoms with Gasteiger partial charge in [0.25, 0.3) is 0 Å². The number of nitrogens with zero attached hydrogens (tertiary/aromatic N) is 1. The van der Waals surface area contributed by atoms with Gasteiger partial charge in [-0.25, -0.2) is 4.79 Å². The molecule has 2 aromatic carbocycles. The predicted molar refractivity (Wildman–Crippen MR) is 104 cm³/mol. The Labute approximate surface area is 160 Å². The van der Waals surface area contributed by atoms with Crippen LogP contribution in [0.2, 0.25) is 0 Å². The zero-order valence-electron chi connectivity index (χ0n) is 15.5. The molecule has 142 valence electrons. The van der Waals surface area contributed by atoms with Crippen LogP contribution in [0.1, 0.15) is 35.6 Å². The highest BCUT2D eigenvalue weighted by Gasteiger charge is 2.25. The van der Waals surface area contributed by atoms with Crippen LogP contribution in [0.4, 0.5) is 4.79 Å². The van der Waals surface area contributed by atoms with Gasteiger partial charge in [0.05, 0.1) is 6.54 Å². The van der Waals surface area contributed by atoms with Crippen molar-refractivity contribution in [2.45, 2.75) is 25.4 Å². The number of cyclic esters (lactones) is 1. The van der Waals surface area contributed by atoms with E-state index in [4.69, 9.17) is 9.47 Å². The fraction of sp³-hybridized carbons (Fsp3) is 0.409. The number of alkyl carbamates (subject to hydrolysis) is 1. The van der Waals surface area contributed by atoms with Gasteiger partial charge in [0.2, 0.25) is 0 Å². The fourth-order valence-corrected chi connectivity index (χ4v) is 3.79. The fourth-order valence-electron chi connectivity index (χ4n) is 3.79. The summed E-state index contributed by atoms with van der Waals surface area (Å²) in [4.78, 5) is 13.8. The first-order valence-corrected chi connectivity index (χ1v) is 9.74. The number of hydrogen-bond donors (Lipinski definition) is 1. The van der Waals surface area contributed by atoms with Crippen molar-refractivity contribution in [3.05, 3.63) is 65.2 Å². The van der Waals surface area contributed by atoms with Crippen molar-refractivity contribution < 1.29 is 14.3 Å². The first-order chi connectivity index (χ1) is 13.3. The van der Waals surface area contributed by atoms with Crippen LogP contribution in [-0.2, 0) is 11.2 Å². The van der Waals surface area contributed by atoms with Gasteiger partial charge < -0.3 is 14.8 Å². The molecule has 2 aliphatic heterocycles. The van der Waals surface area contributed by atoms with E-state index in [1.165, 1.54) is 37.1 Å². The molecule has 0 aliphatic carbocycles. The second-order valence-electron chi connectivity index (χ2n) is 7.19. The summed E-state index contributed by atoms with van der Waals surface area (Å²) in [5, 5.41) is 2.73. The summed E-state index contributed by atoms with van der Waals surface area (Å²) in [5.41, 5.74) is 3.47. The summed E-state index contributed by atoms with van der Waals surface area (Å²) in [5.74, 6) is 0.917. The highest BCUT2D eigenvalue weighted by Crippen LogP contribution is 2.26. The number of nitrogens with one attached hydrogen (secondary N) is 1. The van der Waals surface area contributed by atoms with Crippen molar-refractivity contribution in [3.8, 4) is 5.75 Å². The first kappa shape index (κ1) is 17.9. The van der Waals surface area contributed by atoms with Crippen LogP contribution in [0.25, 0.3) is 0 Å². The molecular formula is C22H26N2O3. The maximum atomic E-state index is 11.4. The zero-order valence-corrected chi connectivity index (χ0v) is 15.5. The van der Waals surface area contributed by atoms with E-state index in [0.717, 1.165) is 30.9 Å². The largest absolute Gasteiger partial charge is 0.492 e. The lowest BCUT2D eigenvalue weighted by molar-refractivity contribution is 0.140. The van der Waals surface area contributed by atoms with E-state index in [1.807, 2.05) is 30.3 Å². The Morgan fingerprint density at radius 2 is 1.85 bits per heavy atom. The second kappa shape index (κ2) is 8.44. The van der Waals surface area contributed by atoms with Gasteiger partial charge in [0.15, 0.2) is 0 Å². The second-order valence-corrected chi connectivity index (χ2v) is 7.19. The number of hydrogen-bond acceptors (Lipinski definition) is 4. The van der Waals surface area contributed by atoms with Gasteiger partial charge in [-0.3, -0.25) is 4.90 Å². The van der Waals surface area contributed by atoms with Crippen molar-refractivity contribution in [2.75, 3.05) is 32.8 Å². The summed E-state index contributed by atoms with van der Waals surface area (Å²) >= 11 is 0. The molecular weight excluding hydrogens is 340 g/mol. The van der Waals surface area contributed by atoms with Gasteiger partial charge in [0.1, 0.15) is 18.5 Å². The van der Waals surface area contributed by atoms with E-state index >= 15 is 0 Å². The molecule has 1 unspecified atom stereocenters. The number of benzene rings is 2. The number of ether oxygens (including phenoxy) is 2. The number of amides is 1. The maximum Gasteiger partial charge on any atom is 0.407 e. The van der Waals surface area contributed by atoms with Crippen molar-refractivity contribution in [1.82, 2.24) is 10.2 Å². The molecule has 1 atom stereocenters. The zero-order chi connectivity index (χ0) is 18.5. The van der Waals surface area contributed by atoms with Gasteiger partial charge in [-0.05, 0) is 61.2 Å². The highest BCUT2D eigenvalue weighted by molar-refractivity contribution is 5.69. The van der Waals surface area contributed by atoms with Crippen LogP contribution < -0.4 is 10.1 Å². The normalized spacial score (nSPS) is 19.7. The third-order valence-electron chi connectivity index (χ3n) is 5.28. The lowest BCUT2D eigenvalue weighted by Gasteiger charge is -2.15. The number of carbonyl (C=O) groups is 1. The summed E-state index contributed by atoms with van der Waals surface area (Å²) < 4.78 is 11.2. The van der Waals surface area contributed by atoms with Gasteiger partial charge >= 0.3 is 6.09 Å². The van der Waals surface area contributed by atoms with Crippen LogP contribution in [0, 0.1) is 0 Å². The molecule has 4 rings (SSSR count). The van der Waals surface area contributed by atoms with Gasteiger partial charge in [0, 0.05) is 6.54 Å². The van der Waals surface area contributed by atoms with Crippen molar-refractivity contribution in [1.29, 1.82) is 0 Å². The topological polar surface area (TPSA) is 50.8 Å². The summed E-state index contributed by atoms with van der Waals surface area (Å²) in [7, 11) is 0. The van der Waals surface area contributed by atoms with E-state index in [1.54, 1.807) is 0 Å². The minimum Gasteiger partial charge on any atom is -0.492 e. The average Bonchev–Trinajstić information content (AvgIpc) is 3.35. The van der Waals surface area contributed by atoms with Crippen molar-refractivity contribution >= 4 is 6.09 Å². The Morgan fingerprint density at radius 1 is 1.07 bits per heavy atom. The molecule has 0 aromatic heterocycles. The lowest BCUT2D eigenvalue weighted by atomic mass is 9.96. The lowest BCUT2D eigenvalue weighted by Crippen LogP contribution is -2.25. The molecule has 27 heavy (non-hydrogen) atoms. The number of likely N-dealkylation sites (tertiary alicyclic amines) is 1. The maximum absolute atomic E-state index is 11.4. The standard InChI is InChI=1S/C22H26N2O3/c25-22-23-16-21(27-22)20-6-2-1-5-18(20)15-17-7-9-19(10-8-17)26-14-13-24-11-3-4-12-24/h1-2,5-10,21H,3-4,11-16H2,(H,23,25). The van der Waals surface area contributed by atoms with Gasteiger partial charge in [-0.1, -0.05) is 36.4 Å². The predicted octanol–water partition coefficient (Wildman–Crippen LogP) is 3.53. The van der Waals surface area contributed by atoms with Crippen LogP contribution in [0.15, 0.2) is 48.5 Å². The average molecular weight is 366 g/mol. The monoisotopic (exact) mass is 366 g/mol. The Balaban J connectivity index is 1.35. The Bertz CT molecular complexity index is 769. The molecule has 0 spiro atoms. The summed E-state index contributed by atoms with van der Waals surface area (Å²) in [6.07, 6.45) is 2.88. The third-order valence-corrected chi connectivity index (χ3v) is 5.28. The SMILES string of the molecule is O=C1NCC(c2ccccc2Cc2ccc(OCCN3CCCC3)cc2)O1. The molecule has 5 nitrogen and oxygen atoms in total. The Kier molecular flexibility index (Phi) is 5.58. The van der Waals surface area contributed by atoms with E-state index in [0.29, 0.717) is 6.54 Å². The number of carbonyl (C=O) groups excluding carboxylic acids is 1. The molecule has 2 aliphatic rings. The van der Waals surface area contributed by atoms with Gasteiger partial charge in [-0.2, -0.15) is 0 Å². The molecule has 0 bridgehead atoms. The molecule has 2 saturated heterocycles. The molecule has 5 heteroatoms. The van der Waals surface area contributed by atoms with E-state index in [-0.39, 0.29) is 12.2 Å². The van der Waals surface area contributed by atoms with Crippen LogP contribution >= 0.6 is 0 Å². The van der Waals surface area contributed by atoms with E-state index in [2.05, 4.69) is 28.4 Å². The first-order valence-electron chi connectivity index (χ1n) is 9.74. The Morgan fingerprint density at radius 3 is 2.59 bits per heavy atom. The minimum absolute atomic E-state index is 0.207. The Hall–Kier alpha value is -2.53. The van der Waals surface area contributed by atoms with Crippen LogP contribution in [0.3, 0.4) is 0 Å².